The van der Waals surface area contributed by atoms with Gasteiger partial charge in [0.05, 0.1) is 17.7 Å². The summed E-state index contributed by atoms with van der Waals surface area (Å²) in [6.45, 7) is 0. The predicted octanol–water partition coefficient (Wildman–Crippen LogP) is 4.66. The molecule has 1 aliphatic rings. The van der Waals surface area contributed by atoms with Crippen molar-refractivity contribution in [3.8, 4) is 5.75 Å². The van der Waals surface area contributed by atoms with Gasteiger partial charge in [-0.3, -0.25) is 9.78 Å². The Hall–Kier alpha value is -1.61. The number of fused-ring (bicyclic) bond motifs is 1. The standard InChI is InChI=1S/C17H18ClNO2/c1-21-14-9-5-8-12-15(18)13(10-19-16(12)14)17(20)11-6-3-2-4-7-11/h5,8-11H,2-4,6-7H2,1H3. The van der Waals surface area contributed by atoms with E-state index in [1.165, 1.54) is 6.42 Å². The molecule has 0 atom stereocenters. The Morgan fingerprint density at radius 1 is 1.29 bits per heavy atom. The molecule has 0 spiro atoms. The summed E-state index contributed by atoms with van der Waals surface area (Å²) in [7, 11) is 1.60. The predicted molar refractivity (Wildman–Crippen MR) is 84.2 cm³/mol. The average Bonchev–Trinajstić information content (AvgIpc) is 2.55. The van der Waals surface area contributed by atoms with Crippen molar-refractivity contribution in [2.24, 2.45) is 5.92 Å². The van der Waals surface area contributed by atoms with Crippen LogP contribution in [0.5, 0.6) is 5.75 Å². The molecule has 3 rings (SSSR count). The third-order valence-corrected chi connectivity index (χ3v) is 4.66. The van der Waals surface area contributed by atoms with Crippen LogP contribution in [0.15, 0.2) is 24.4 Å². The zero-order valence-corrected chi connectivity index (χ0v) is 12.8. The first-order chi connectivity index (χ1) is 10.2. The molecule has 0 radical (unpaired) electrons. The van der Waals surface area contributed by atoms with E-state index < -0.39 is 0 Å². The molecule has 1 aromatic heterocycles. The lowest BCUT2D eigenvalue weighted by Crippen LogP contribution is -2.18. The number of carbonyl (C=O) groups is 1. The van der Waals surface area contributed by atoms with Crippen LogP contribution in [-0.2, 0) is 0 Å². The smallest absolute Gasteiger partial charge is 0.169 e. The fraction of sp³-hybridized carbons (Fsp3) is 0.412. The van der Waals surface area contributed by atoms with Crippen molar-refractivity contribution in [3.05, 3.63) is 35.0 Å². The third-order valence-electron chi connectivity index (χ3n) is 4.26. The topological polar surface area (TPSA) is 39.2 Å². The highest BCUT2D eigenvalue weighted by Gasteiger charge is 2.25. The number of nitrogens with zero attached hydrogens (tertiary/aromatic N) is 1. The van der Waals surface area contributed by atoms with Crippen LogP contribution >= 0.6 is 11.6 Å². The Balaban J connectivity index is 2.03. The van der Waals surface area contributed by atoms with Gasteiger partial charge in [0.1, 0.15) is 11.3 Å². The number of benzene rings is 1. The monoisotopic (exact) mass is 303 g/mol. The molecule has 110 valence electrons. The van der Waals surface area contributed by atoms with E-state index in [-0.39, 0.29) is 11.7 Å². The van der Waals surface area contributed by atoms with Gasteiger partial charge in [0.25, 0.3) is 0 Å². The number of hydrogen-bond acceptors (Lipinski definition) is 3. The number of aromatic nitrogens is 1. The fourth-order valence-electron chi connectivity index (χ4n) is 3.08. The van der Waals surface area contributed by atoms with Crippen LogP contribution in [0.4, 0.5) is 0 Å². The average molecular weight is 304 g/mol. The molecule has 0 unspecified atom stereocenters. The molecule has 1 aromatic carbocycles. The molecule has 0 amide bonds. The van der Waals surface area contributed by atoms with E-state index in [1.54, 1.807) is 13.3 Å². The first-order valence-corrected chi connectivity index (χ1v) is 7.75. The quantitative estimate of drug-likeness (QED) is 0.774. The van der Waals surface area contributed by atoms with E-state index in [2.05, 4.69) is 4.98 Å². The van der Waals surface area contributed by atoms with Gasteiger partial charge in [0.2, 0.25) is 0 Å². The second-order valence-corrected chi connectivity index (χ2v) is 5.92. The molecule has 1 fully saturated rings. The number of ether oxygens (including phenoxy) is 1. The number of para-hydroxylation sites is 1. The van der Waals surface area contributed by atoms with Crippen molar-refractivity contribution < 1.29 is 9.53 Å². The number of hydrogen-bond donors (Lipinski definition) is 0. The molecule has 1 aliphatic carbocycles. The van der Waals surface area contributed by atoms with Gasteiger partial charge in [-0.1, -0.05) is 43.0 Å². The highest BCUT2D eigenvalue weighted by atomic mass is 35.5. The largest absolute Gasteiger partial charge is 0.494 e. The van der Waals surface area contributed by atoms with Crippen molar-refractivity contribution in [1.29, 1.82) is 0 Å². The van der Waals surface area contributed by atoms with Gasteiger partial charge in [0, 0.05) is 17.5 Å². The minimum absolute atomic E-state index is 0.0982. The molecule has 21 heavy (non-hydrogen) atoms. The van der Waals surface area contributed by atoms with E-state index in [9.17, 15) is 4.79 Å². The lowest BCUT2D eigenvalue weighted by atomic mass is 9.84. The molecule has 1 saturated carbocycles. The van der Waals surface area contributed by atoms with Crippen molar-refractivity contribution >= 4 is 28.3 Å². The maximum Gasteiger partial charge on any atom is 0.169 e. The summed E-state index contributed by atoms with van der Waals surface area (Å²) in [6.07, 6.45) is 7.01. The number of methoxy groups -OCH3 is 1. The van der Waals surface area contributed by atoms with E-state index in [4.69, 9.17) is 16.3 Å². The van der Waals surface area contributed by atoms with Gasteiger partial charge in [-0.05, 0) is 18.9 Å². The Kier molecular flexibility index (Phi) is 4.11. The Labute approximate surface area is 129 Å². The maximum absolute atomic E-state index is 12.7. The van der Waals surface area contributed by atoms with Gasteiger partial charge in [-0.25, -0.2) is 0 Å². The second kappa shape index (κ2) is 6.02. The molecule has 4 heteroatoms. The summed E-state index contributed by atoms with van der Waals surface area (Å²) in [5.74, 6) is 0.907. The number of pyridine rings is 1. The Morgan fingerprint density at radius 3 is 2.76 bits per heavy atom. The number of carbonyl (C=O) groups excluding carboxylic acids is 1. The summed E-state index contributed by atoms with van der Waals surface area (Å²) in [5.41, 5.74) is 1.24. The van der Waals surface area contributed by atoms with E-state index in [1.807, 2.05) is 18.2 Å². The van der Waals surface area contributed by atoms with Crippen LogP contribution < -0.4 is 4.74 Å². The SMILES string of the molecule is COc1cccc2c(Cl)c(C(=O)C3CCCCC3)cnc12. The second-order valence-electron chi connectivity index (χ2n) is 5.54. The van der Waals surface area contributed by atoms with Crippen molar-refractivity contribution in [2.45, 2.75) is 32.1 Å². The zero-order chi connectivity index (χ0) is 14.8. The molecular formula is C17H18ClNO2. The van der Waals surface area contributed by atoms with Crippen LogP contribution in [0.3, 0.4) is 0 Å². The minimum Gasteiger partial charge on any atom is -0.494 e. The van der Waals surface area contributed by atoms with E-state index in [0.29, 0.717) is 21.9 Å². The lowest BCUT2D eigenvalue weighted by Gasteiger charge is -2.21. The highest BCUT2D eigenvalue weighted by molar-refractivity contribution is 6.38. The number of ketones is 1. The summed E-state index contributed by atoms with van der Waals surface area (Å²) in [4.78, 5) is 17.1. The molecule has 0 saturated heterocycles. The summed E-state index contributed by atoms with van der Waals surface area (Å²) in [6, 6.07) is 5.59. The fourth-order valence-corrected chi connectivity index (χ4v) is 3.38. The Morgan fingerprint density at radius 2 is 2.05 bits per heavy atom. The molecule has 1 heterocycles. The molecular weight excluding hydrogens is 286 g/mol. The number of rotatable bonds is 3. The van der Waals surface area contributed by atoms with Gasteiger partial charge in [0.15, 0.2) is 5.78 Å². The molecule has 0 N–H and O–H groups in total. The van der Waals surface area contributed by atoms with Crippen LogP contribution in [0.25, 0.3) is 10.9 Å². The van der Waals surface area contributed by atoms with Crippen molar-refractivity contribution in [2.75, 3.05) is 7.11 Å². The molecule has 3 nitrogen and oxygen atoms in total. The van der Waals surface area contributed by atoms with Crippen LogP contribution in [0, 0.1) is 5.92 Å². The van der Waals surface area contributed by atoms with Crippen molar-refractivity contribution in [1.82, 2.24) is 4.98 Å². The lowest BCUT2D eigenvalue weighted by molar-refractivity contribution is 0.0889. The number of halogens is 1. The first kappa shape index (κ1) is 14.3. The van der Waals surface area contributed by atoms with Crippen molar-refractivity contribution in [3.63, 3.8) is 0 Å². The summed E-state index contributed by atoms with van der Waals surface area (Å²) < 4.78 is 5.29. The van der Waals surface area contributed by atoms with Gasteiger partial charge in [-0.2, -0.15) is 0 Å². The normalized spacial score (nSPS) is 16.1. The summed E-state index contributed by atoms with van der Waals surface area (Å²) >= 11 is 6.47. The zero-order valence-electron chi connectivity index (χ0n) is 12.1. The van der Waals surface area contributed by atoms with Gasteiger partial charge >= 0.3 is 0 Å². The minimum atomic E-state index is 0.0982. The maximum atomic E-state index is 12.7. The van der Waals surface area contributed by atoms with Crippen LogP contribution in [0.2, 0.25) is 5.02 Å². The Bertz CT molecular complexity index is 678. The van der Waals surface area contributed by atoms with Crippen LogP contribution in [0.1, 0.15) is 42.5 Å². The molecule has 0 aliphatic heterocycles. The molecule has 2 aromatic rings. The van der Waals surface area contributed by atoms with Gasteiger partial charge < -0.3 is 4.74 Å². The van der Waals surface area contributed by atoms with E-state index >= 15 is 0 Å². The number of Topliss-reactive ketones (excluding diaryl/α,β-unsaturated/α-hetero) is 1. The van der Waals surface area contributed by atoms with Gasteiger partial charge in [-0.15, -0.1) is 0 Å². The van der Waals surface area contributed by atoms with Crippen LogP contribution in [-0.4, -0.2) is 17.9 Å². The molecule has 0 bridgehead atoms. The first-order valence-electron chi connectivity index (χ1n) is 7.38. The van der Waals surface area contributed by atoms with E-state index in [0.717, 1.165) is 31.1 Å². The highest BCUT2D eigenvalue weighted by Crippen LogP contribution is 2.34. The summed E-state index contributed by atoms with van der Waals surface area (Å²) in [5, 5.41) is 1.27. The third kappa shape index (κ3) is 2.62.